The smallest absolute Gasteiger partial charge is 0.165 e. The summed E-state index contributed by atoms with van der Waals surface area (Å²) in [4.78, 5) is 10.1. The molecule has 2 heterocycles. The third kappa shape index (κ3) is 3.30. The Bertz CT molecular complexity index is 870. The number of fused-ring (bicyclic) bond motifs is 1. The number of para-hydroxylation sites is 3. The van der Waals surface area contributed by atoms with Crippen LogP contribution in [0.4, 0.5) is 4.39 Å². The minimum absolute atomic E-state index is 0.0343. The van der Waals surface area contributed by atoms with Gasteiger partial charge in [0.1, 0.15) is 11.9 Å². The highest BCUT2D eigenvalue weighted by molar-refractivity contribution is 5.75. The molecule has 4 rings (SSSR count). The van der Waals surface area contributed by atoms with E-state index in [9.17, 15) is 9.50 Å². The van der Waals surface area contributed by atoms with Crippen LogP contribution in [0.2, 0.25) is 0 Å². The molecule has 0 radical (unpaired) electrons. The Kier molecular flexibility index (Phi) is 4.61. The van der Waals surface area contributed by atoms with Crippen molar-refractivity contribution < 1.29 is 14.2 Å². The number of benzene rings is 2. The Morgan fingerprint density at radius 1 is 1.19 bits per heavy atom. The lowest BCUT2D eigenvalue weighted by atomic mass is 10.0. The summed E-state index contributed by atoms with van der Waals surface area (Å²) in [5.74, 6) is -0.465. The molecule has 1 aliphatic heterocycles. The second kappa shape index (κ2) is 7.05. The van der Waals surface area contributed by atoms with Gasteiger partial charge in [-0.2, -0.15) is 0 Å². The average Bonchev–Trinajstić information content (AvgIpc) is 3.08. The monoisotopic (exact) mass is 355 g/mol. The van der Waals surface area contributed by atoms with Crippen molar-refractivity contribution in [1.29, 1.82) is 0 Å². The number of H-pyrrole nitrogens is 1. The van der Waals surface area contributed by atoms with E-state index < -0.39 is 11.9 Å². The van der Waals surface area contributed by atoms with Gasteiger partial charge in [0.15, 0.2) is 11.6 Å². The Morgan fingerprint density at radius 3 is 2.73 bits per heavy atom. The standard InChI is InChI=1S/C20H22FN3O2/c1-24-11-9-13(10-12-24)26-19(14-5-4-6-15(21)18(14)25)20-22-16-7-2-3-8-17(16)23-20/h2-8,13,19,25H,9-12H2,1H3,(H,22,23)/t19-/m0/s1. The highest BCUT2D eigenvalue weighted by Gasteiger charge is 2.28. The summed E-state index contributed by atoms with van der Waals surface area (Å²) >= 11 is 0. The van der Waals surface area contributed by atoms with Gasteiger partial charge in [0.05, 0.1) is 17.1 Å². The molecule has 1 aliphatic rings. The molecule has 0 unspecified atom stereocenters. The molecule has 0 aliphatic carbocycles. The Labute approximate surface area is 151 Å². The predicted molar refractivity (Wildman–Crippen MR) is 97.6 cm³/mol. The van der Waals surface area contributed by atoms with E-state index in [1.54, 1.807) is 12.1 Å². The van der Waals surface area contributed by atoms with E-state index in [0.717, 1.165) is 37.0 Å². The fraction of sp³-hybridized carbons (Fsp3) is 0.350. The van der Waals surface area contributed by atoms with Crippen LogP contribution < -0.4 is 0 Å². The molecule has 0 spiro atoms. The zero-order valence-corrected chi connectivity index (χ0v) is 14.7. The molecule has 2 N–H and O–H groups in total. The van der Waals surface area contributed by atoms with Crippen LogP contribution in [-0.4, -0.2) is 46.2 Å². The number of phenols is 1. The number of rotatable bonds is 4. The summed E-state index contributed by atoms with van der Waals surface area (Å²) in [6, 6.07) is 12.2. The van der Waals surface area contributed by atoms with Crippen LogP contribution in [0.5, 0.6) is 5.75 Å². The molecule has 26 heavy (non-hydrogen) atoms. The lowest BCUT2D eigenvalue weighted by Crippen LogP contribution is -2.35. The SMILES string of the molecule is CN1CCC(O[C@H](c2nc3ccccc3[nH]2)c2cccc(F)c2O)CC1. The van der Waals surface area contributed by atoms with Gasteiger partial charge in [0, 0.05) is 18.7 Å². The molecule has 1 fully saturated rings. The summed E-state index contributed by atoms with van der Waals surface area (Å²) in [7, 11) is 2.09. The molecule has 136 valence electrons. The van der Waals surface area contributed by atoms with Crippen molar-refractivity contribution in [2.45, 2.75) is 25.0 Å². The summed E-state index contributed by atoms with van der Waals surface area (Å²) in [5, 5.41) is 10.3. The van der Waals surface area contributed by atoms with Crippen molar-refractivity contribution in [1.82, 2.24) is 14.9 Å². The van der Waals surface area contributed by atoms with Crippen molar-refractivity contribution in [3.8, 4) is 5.75 Å². The van der Waals surface area contributed by atoms with Gasteiger partial charge in [-0.05, 0) is 38.1 Å². The number of ether oxygens (including phenoxy) is 1. The van der Waals surface area contributed by atoms with Gasteiger partial charge in [-0.15, -0.1) is 0 Å². The molecule has 3 aromatic rings. The molecular formula is C20H22FN3O2. The molecule has 5 nitrogen and oxygen atoms in total. The van der Waals surface area contributed by atoms with E-state index in [4.69, 9.17) is 4.74 Å². The predicted octanol–water partition coefficient (Wildman–Crippen LogP) is 3.61. The van der Waals surface area contributed by atoms with Gasteiger partial charge in [0.25, 0.3) is 0 Å². The van der Waals surface area contributed by atoms with Crippen molar-refractivity contribution in [3.05, 3.63) is 59.7 Å². The maximum atomic E-state index is 13.9. The van der Waals surface area contributed by atoms with Crippen LogP contribution >= 0.6 is 0 Å². The Morgan fingerprint density at radius 2 is 1.96 bits per heavy atom. The van der Waals surface area contributed by atoms with E-state index in [0.29, 0.717) is 11.4 Å². The van der Waals surface area contributed by atoms with Crippen molar-refractivity contribution in [2.24, 2.45) is 0 Å². The lowest BCUT2D eigenvalue weighted by Gasteiger charge is -2.31. The topological polar surface area (TPSA) is 61.4 Å². The first-order valence-electron chi connectivity index (χ1n) is 8.88. The highest BCUT2D eigenvalue weighted by atomic mass is 19.1. The number of hydrogen-bond donors (Lipinski definition) is 2. The molecule has 0 amide bonds. The van der Waals surface area contributed by atoms with E-state index >= 15 is 0 Å². The number of phenolic OH excluding ortho intramolecular Hbond substituents is 1. The molecule has 1 aromatic heterocycles. The minimum atomic E-state index is -0.657. The number of halogens is 1. The number of nitrogens with one attached hydrogen (secondary N) is 1. The average molecular weight is 355 g/mol. The number of likely N-dealkylation sites (tertiary alicyclic amines) is 1. The highest BCUT2D eigenvalue weighted by Crippen LogP contribution is 2.35. The molecular weight excluding hydrogens is 333 g/mol. The van der Waals surface area contributed by atoms with E-state index in [1.807, 2.05) is 24.3 Å². The first-order valence-corrected chi connectivity index (χ1v) is 8.88. The Balaban J connectivity index is 1.72. The number of imidazole rings is 1. The number of piperidine rings is 1. The maximum absolute atomic E-state index is 13.9. The van der Waals surface area contributed by atoms with Crippen molar-refractivity contribution >= 4 is 11.0 Å². The Hall–Kier alpha value is -2.44. The van der Waals surface area contributed by atoms with E-state index in [1.165, 1.54) is 6.07 Å². The van der Waals surface area contributed by atoms with Crippen molar-refractivity contribution in [3.63, 3.8) is 0 Å². The van der Waals surface area contributed by atoms with Gasteiger partial charge in [-0.1, -0.05) is 24.3 Å². The summed E-state index contributed by atoms with van der Waals surface area (Å²) < 4.78 is 20.3. The quantitative estimate of drug-likeness (QED) is 0.751. The molecule has 1 saturated heterocycles. The first kappa shape index (κ1) is 17.0. The van der Waals surface area contributed by atoms with Gasteiger partial charge in [0.2, 0.25) is 0 Å². The van der Waals surface area contributed by atoms with Crippen LogP contribution in [0.25, 0.3) is 11.0 Å². The largest absolute Gasteiger partial charge is 0.505 e. The van der Waals surface area contributed by atoms with Gasteiger partial charge >= 0.3 is 0 Å². The minimum Gasteiger partial charge on any atom is -0.505 e. The van der Waals surface area contributed by atoms with Crippen LogP contribution in [-0.2, 0) is 4.74 Å². The van der Waals surface area contributed by atoms with Crippen LogP contribution in [0.15, 0.2) is 42.5 Å². The summed E-state index contributed by atoms with van der Waals surface area (Å²) in [6.07, 6.45) is 1.17. The first-order chi connectivity index (χ1) is 12.6. The van der Waals surface area contributed by atoms with Crippen LogP contribution in [0.3, 0.4) is 0 Å². The second-order valence-corrected chi connectivity index (χ2v) is 6.84. The number of nitrogens with zero attached hydrogens (tertiary/aromatic N) is 2. The van der Waals surface area contributed by atoms with Crippen LogP contribution in [0.1, 0.15) is 30.3 Å². The molecule has 0 saturated carbocycles. The summed E-state index contributed by atoms with van der Waals surface area (Å²) in [5.41, 5.74) is 2.09. The lowest BCUT2D eigenvalue weighted by molar-refractivity contribution is -0.0273. The number of hydrogen-bond acceptors (Lipinski definition) is 4. The number of aromatic nitrogens is 2. The maximum Gasteiger partial charge on any atom is 0.165 e. The van der Waals surface area contributed by atoms with E-state index in [2.05, 4.69) is 21.9 Å². The summed E-state index contributed by atoms with van der Waals surface area (Å²) in [6.45, 7) is 1.90. The molecule has 0 bridgehead atoms. The zero-order valence-electron chi connectivity index (χ0n) is 14.7. The van der Waals surface area contributed by atoms with Crippen LogP contribution in [0, 0.1) is 5.82 Å². The molecule has 2 aromatic carbocycles. The third-order valence-electron chi connectivity index (χ3n) is 4.95. The van der Waals surface area contributed by atoms with Gasteiger partial charge in [-0.25, -0.2) is 9.37 Å². The number of aromatic amines is 1. The molecule has 1 atom stereocenters. The van der Waals surface area contributed by atoms with Gasteiger partial charge < -0.3 is 19.7 Å². The second-order valence-electron chi connectivity index (χ2n) is 6.84. The fourth-order valence-electron chi connectivity index (χ4n) is 3.44. The third-order valence-corrected chi connectivity index (χ3v) is 4.95. The number of aromatic hydroxyl groups is 1. The normalized spacial score (nSPS) is 17.6. The fourth-order valence-corrected chi connectivity index (χ4v) is 3.44. The molecule has 6 heteroatoms. The van der Waals surface area contributed by atoms with E-state index in [-0.39, 0.29) is 11.9 Å². The van der Waals surface area contributed by atoms with Gasteiger partial charge in [-0.3, -0.25) is 0 Å². The van der Waals surface area contributed by atoms with Crippen molar-refractivity contribution in [2.75, 3.05) is 20.1 Å². The zero-order chi connectivity index (χ0) is 18.1.